The molecule has 5 N–H and O–H groups in total. The Morgan fingerprint density at radius 2 is 2.11 bits per heavy atom. The minimum Gasteiger partial charge on any atom is -0.427 e. The van der Waals surface area contributed by atoms with Crippen molar-refractivity contribution in [1.29, 1.82) is 0 Å². The van der Waals surface area contributed by atoms with Gasteiger partial charge in [-0.3, -0.25) is 4.79 Å². The van der Waals surface area contributed by atoms with Crippen molar-refractivity contribution < 1.29 is 19.2 Å². The van der Waals surface area contributed by atoms with E-state index in [1.54, 1.807) is 6.20 Å². The number of amides is 1. The highest BCUT2D eigenvalue weighted by Gasteiger charge is 2.17. The molecule has 0 saturated heterocycles. The first-order valence-corrected chi connectivity index (χ1v) is 8.59. The van der Waals surface area contributed by atoms with E-state index in [1.165, 1.54) is 9.36 Å². The zero-order valence-electron chi connectivity index (χ0n) is 15.2. The summed E-state index contributed by atoms with van der Waals surface area (Å²) in [7, 11) is -1.33. The molecular formula is C13H24BClFN9O3. The predicted octanol–water partition coefficient (Wildman–Crippen LogP) is -1.38. The number of nitrogens with zero attached hydrogens (tertiary/aromatic N) is 7. The van der Waals surface area contributed by atoms with Crippen LogP contribution < -0.4 is 11.1 Å². The molecule has 0 fully saturated rings. The van der Waals surface area contributed by atoms with Crippen LogP contribution in [-0.4, -0.2) is 64.9 Å². The zero-order chi connectivity index (χ0) is 19.6. The summed E-state index contributed by atoms with van der Waals surface area (Å²) in [6, 6.07) is -0.468. The van der Waals surface area contributed by atoms with Crippen LogP contribution in [0, 0.1) is 0 Å². The molecule has 156 valence electrons. The number of carbonyl (C=O) groups excluding carboxylic acids is 1. The van der Waals surface area contributed by atoms with E-state index in [4.69, 9.17) is 15.8 Å². The van der Waals surface area contributed by atoms with Gasteiger partial charge >= 0.3 is 7.12 Å². The van der Waals surface area contributed by atoms with Crippen LogP contribution in [0.4, 0.5) is 4.39 Å². The molecule has 2 rings (SSSR count). The van der Waals surface area contributed by atoms with Crippen molar-refractivity contribution >= 4 is 25.4 Å². The van der Waals surface area contributed by atoms with Crippen molar-refractivity contribution in [3.63, 3.8) is 0 Å². The molecule has 0 spiro atoms. The quantitative estimate of drug-likeness (QED) is 0.239. The number of halogens is 2. The van der Waals surface area contributed by atoms with E-state index in [2.05, 4.69) is 31.2 Å². The molecule has 0 aliphatic rings. The lowest BCUT2D eigenvalue weighted by atomic mass is 9.83. The molecule has 0 aromatic carbocycles. The maximum atomic E-state index is 12.2. The molecule has 1 amide bonds. The fraction of sp³-hybridized carbons (Fsp3) is 0.692. The van der Waals surface area contributed by atoms with Gasteiger partial charge in [0.1, 0.15) is 18.9 Å². The summed E-state index contributed by atoms with van der Waals surface area (Å²) in [6.45, 7) is -0.385. The maximum Gasteiger partial charge on any atom is 0.451 e. The lowest BCUT2D eigenvalue weighted by molar-refractivity contribution is -0.122. The standard InChI is InChI=1S/C13H23BFN9O3.ClH/c15-5-6-23-8-10(18-21-23)7-17-12(25)9-24-13(19-20-22-24)11(16)3-1-2-4-14(26)27;/h8,11,26-27H,1-7,9,16H2,(H,17,25);1H. The SMILES string of the molecule is Cl.NC(CCCCB(O)O)c1nnnn1CC(=O)NCc1cn(CCF)nn1. The molecule has 2 aromatic heterocycles. The molecule has 1 atom stereocenters. The van der Waals surface area contributed by atoms with E-state index in [0.717, 1.165) is 0 Å². The molecule has 28 heavy (non-hydrogen) atoms. The Kier molecular flexibility index (Phi) is 10.5. The van der Waals surface area contributed by atoms with Crippen LogP contribution >= 0.6 is 12.4 Å². The highest BCUT2D eigenvalue weighted by molar-refractivity contribution is 6.40. The van der Waals surface area contributed by atoms with Crippen LogP contribution in [0.1, 0.15) is 36.8 Å². The lowest BCUT2D eigenvalue weighted by Crippen LogP contribution is -2.29. The van der Waals surface area contributed by atoms with Crippen LogP contribution in [0.2, 0.25) is 6.32 Å². The van der Waals surface area contributed by atoms with E-state index in [0.29, 0.717) is 30.8 Å². The summed E-state index contributed by atoms with van der Waals surface area (Å²) >= 11 is 0. The highest BCUT2D eigenvalue weighted by Crippen LogP contribution is 2.14. The molecule has 0 aliphatic carbocycles. The van der Waals surface area contributed by atoms with Gasteiger partial charge in [-0.25, -0.2) is 13.8 Å². The Bertz CT molecular complexity index is 717. The van der Waals surface area contributed by atoms with Crippen LogP contribution in [0.25, 0.3) is 0 Å². The molecule has 12 nitrogen and oxygen atoms in total. The summed E-state index contributed by atoms with van der Waals surface area (Å²) in [5, 5.41) is 39.1. The summed E-state index contributed by atoms with van der Waals surface area (Å²) in [4.78, 5) is 12.1. The number of unbranched alkanes of at least 4 members (excludes halogenated alkanes) is 1. The first-order valence-electron chi connectivity index (χ1n) is 8.59. The van der Waals surface area contributed by atoms with E-state index in [1.807, 2.05) is 0 Å². The summed E-state index contributed by atoms with van der Waals surface area (Å²) < 4.78 is 14.9. The van der Waals surface area contributed by atoms with Gasteiger partial charge in [-0.1, -0.05) is 18.1 Å². The van der Waals surface area contributed by atoms with Gasteiger partial charge < -0.3 is 21.1 Å². The Hall–Kier alpha value is -2.16. The summed E-state index contributed by atoms with van der Waals surface area (Å²) in [6.07, 6.45) is 3.66. The second-order valence-corrected chi connectivity index (χ2v) is 6.00. The molecule has 15 heteroatoms. The van der Waals surface area contributed by atoms with Crippen molar-refractivity contribution in [2.75, 3.05) is 6.67 Å². The number of carbonyl (C=O) groups is 1. The van der Waals surface area contributed by atoms with Crippen molar-refractivity contribution in [2.24, 2.45) is 5.73 Å². The largest absolute Gasteiger partial charge is 0.451 e. The van der Waals surface area contributed by atoms with Gasteiger partial charge in [-0.05, 0) is 23.2 Å². The average molecular weight is 420 g/mol. The number of hydrogen-bond donors (Lipinski definition) is 4. The fourth-order valence-corrected chi connectivity index (χ4v) is 2.41. The van der Waals surface area contributed by atoms with Crippen LogP contribution in [-0.2, 0) is 24.4 Å². The number of hydrogen-bond acceptors (Lipinski definition) is 9. The van der Waals surface area contributed by atoms with E-state index in [-0.39, 0.29) is 44.3 Å². The van der Waals surface area contributed by atoms with E-state index < -0.39 is 19.8 Å². The van der Waals surface area contributed by atoms with Gasteiger partial charge in [0.15, 0.2) is 5.82 Å². The first kappa shape index (κ1) is 23.9. The third-order valence-corrected chi connectivity index (χ3v) is 3.78. The van der Waals surface area contributed by atoms with Gasteiger partial charge in [-0.2, -0.15) is 0 Å². The van der Waals surface area contributed by atoms with Gasteiger partial charge in [0.05, 0.1) is 25.3 Å². The Labute approximate surface area is 167 Å². The summed E-state index contributed by atoms with van der Waals surface area (Å²) in [5.41, 5.74) is 6.57. The highest BCUT2D eigenvalue weighted by atomic mass is 35.5. The number of rotatable bonds is 12. The molecule has 2 heterocycles. The molecule has 0 saturated carbocycles. The maximum absolute atomic E-state index is 12.2. The van der Waals surface area contributed by atoms with Gasteiger partial charge in [0, 0.05) is 0 Å². The molecule has 0 aliphatic heterocycles. The van der Waals surface area contributed by atoms with Gasteiger partial charge in [0.2, 0.25) is 5.91 Å². The van der Waals surface area contributed by atoms with Gasteiger partial charge in [0.25, 0.3) is 0 Å². The first-order chi connectivity index (χ1) is 13.0. The molecule has 2 aromatic rings. The second kappa shape index (κ2) is 12.3. The zero-order valence-corrected chi connectivity index (χ0v) is 16.0. The number of nitrogens with two attached hydrogens (primary N) is 1. The minimum atomic E-state index is -1.33. The Balaban J connectivity index is 0.00000392. The molecular weight excluding hydrogens is 395 g/mol. The Morgan fingerprint density at radius 3 is 2.82 bits per heavy atom. The van der Waals surface area contributed by atoms with Crippen LogP contribution in [0.15, 0.2) is 6.20 Å². The van der Waals surface area contributed by atoms with Gasteiger partial charge in [-0.15, -0.1) is 22.6 Å². The fourth-order valence-electron chi connectivity index (χ4n) is 2.41. The van der Waals surface area contributed by atoms with Crippen molar-refractivity contribution in [3.05, 3.63) is 17.7 Å². The van der Waals surface area contributed by atoms with E-state index >= 15 is 0 Å². The smallest absolute Gasteiger partial charge is 0.427 e. The number of aromatic nitrogens is 7. The van der Waals surface area contributed by atoms with Crippen molar-refractivity contribution in [3.8, 4) is 0 Å². The van der Waals surface area contributed by atoms with Crippen molar-refractivity contribution in [1.82, 2.24) is 40.5 Å². The lowest BCUT2D eigenvalue weighted by Gasteiger charge is -2.11. The number of alkyl halides is 1. The third kappa shape index (κ3) is 7.84. The van der Waals surface area contributed by atoms with E-state index in [9.17, 15) is 9.18 Å². The van der Waals surface area contributed by atoms with Crippen LogP contribution in [0.3, 0.4) is 0 Å². The topological polar surface area (TPSA) is 170 Å². The third-order valence-electron chi connectivity index (χ3n) is 3.78. The predicted molar refractivity (Wildman–Crippen MR) is 98.7 cm³/mol. The molecule has 0 bridgehead atoms. The molecule has 0 radical (unpaired) electrons. The Morgan fingerprint density at radius 1 is 1.32 bits per heavy atom. The number of aryl methyl sites for hydroxylation is 1. The normalized spacial score (nSPS) is 11.7. The minimum absolute atomic E-state index is 0. The average Bonchev–Trinajstić information content (AvgIpc) is 3.26. The van der Waals surface area contributed by atoms with Crippen LogP contribution in [0.5, 0.6) is 0 Å². The number of tetrazole rings is 1. The number of nitrogens with one attached hydrogen (secondary N) is 1. The van der Waals surface area contributed by atoms with Crippen molar-refractivity contribution in [2.45, 2.75) is 51.3 Å². The molecule has 1 unspecified atom stereocenters. The summed E-state index contributed by atoms with van der Waals surface area (Å²) in [5.74, 6) is 0.0442. The second-order valence-electron chi connectivity index (χ2n) is 6.00. The monoisotopic (exact) mass is 419 g/mol.